The average Bonchev–Trinajstić information content (AvgIpc) is 3.36. The zero-order valence-corrected chi connectivity index (χ0v) is 20.2. The molecule has 154 valence electrons. The van der Waals surface area contributed by atoms with Gasteiger partial charge >= 0.3 is 0 Å². The van der Waals surface area contributed by atoms with Gasteiger partial charge in [0.25, 0.3) is 0 Å². The molecule has 0 aromatic heterocycles. The lowest BCUT2D eigenvalue weighted by Crippen LogP contribution is -2.56. The van der Waals surface area contributed by atoms with Crippen LogP contribution in [0.1, 0.15) is 85.5 Å². The third kappa shape index (κ3) is 2.63. The minimum Gasteiger partial charge on any atom is -0.390 e. The number of rotatable bonds is 3. The van der Waals surface area contributed by atoms with E-state index >= 15 is 0 Å². The molecular formula is C25H41IO. The van der Waals surface area contributed by atoms with E-state index in [-0.39, 0.29) is 5.60 Å². The monoisotopic (exact) mass is 484 g/mol. The summed E-state index contributed by atoms with van der Waals surface area (Å²) in [6.07, 6.45) is 11.8. The maximum atomic E-state index is 11.0. The highest BCUT2D eigenvalue weighted by Gasteiger charge is 2.70. The van der Waals surface area contributed by atoms with Gasteiger partial charge in [0.1, 0.15) is 0 Å². The SMILES string of the molecule is CC[C@]1(O)CC[C@@]2(C)[C@@H](CC[C@H]3[C@@H]4[C@@H]5C[C@@H]5[C@H]([C@H](C)CI)[C@@]4(C)CC[C@@H]32)C1. The topological polar surface area (TPSA) is 20.2 Å². The second-order valence-electron chi connectivity index (χ2n) is 12.1. The molecule has 0 spiro atoms. The van der Waals surface area contributed by atoms with Crippen LogP contribution in [-0.2, 0) is 0 Å². The first-order valence-corrected chi connectivity index (χ1v) is 13.6. The van der Waals surface area contributed by atoms with Crippen molar-refractivity contribution in [3.63, 3.8) is 0 Å². The number of alkyl halides is 1. The quantitative estimate of drug-likeness (QED) is 0.349. The molecule has 0 saturated heterocycles. The standard InChI is InChI=1S/C25H41IO/c1-5-25(27)11-10-23(3)16(13-25)6-7-17-20(23)8-9-24(4)21(15(2)14-26)18-12-19(18)22(17)24/h15-22,27H,5-14H2,1-4H3/t15-,16+,17-,18+,19-,20+,21+,22-,23+,24-,25+/m1/s1. The molecule has 0 heterocycles. The molecule has 5 fully saturated rings. The molecule has 27 heavy (non-hydrogen) atoms. The fraction of sp³-hybridized carbons (Fsp3) is 1.00. The van der Waals surface area contributed by atoms with Gasteiger partial charge in [0.15, 0.2) is 0 Å². The summed E-state index contributed by atoms with van der Waals surface area (Å²) in [5.41, 5.74) is 0.806. The Kier molecular flexibility index (Phi) is 4.62. The van der Waals surface area contributed by atoms with Gasteiger partial charge in [0.2, 0.25) is 0 Å². The first-order chi connectivity index (χ1) is 12.8. The molecule has 0 aliphatic heterocycles. The van der Waals surface area contributed by atoms with E-state index in [0.29, 0.717) is 10.8 Å². The first-order valence-electron chi connectivity index (χ1n) is 12.1. The zero-order chi connectivity index (χ0) is 19.2. The Morgan fingerprint density at radius 3 is 2.48 bits per heavy atom. The fourth-order valence-electron chi connectivity index (χ4n) is 9.83. The van der Waals surface area contributed by atoms with Crippen LogP contribution in [0.25, 0.3) is 0 Å². The molecular weight excluding hydrogens is 443 g/mol. The van der Waals surface area contributed by atoms with Crippen LogP contribution in [0, 0.1) is 58.2 Å². The third-order valence-corrected chi connectivity index (χ3v) is 12.6. The predicted octanol–water partition coefficient (Wildman–Crippen LogP) is 6.71. The van der Waals surface area contributed by atoms with Crippen molar-refractivity contribution in [2.45, 2.75) is 91.1 Å². The minimum atomic E-state index is -0.351. The van der Waals surface area contributed by atoms with E-state index < -0.39 is 0 Å². The van der Waals surface area contributed by atoms with Crippen molar-refractivity contribution in [3.05, 3.63) is 0 Å². The van der Waals surface area contributed by atoms with E-state index in [1.54, 1.807) is 6.42 Å². The van der Waals surface area contributed by atoms with E-state index in [4.69, 9.17) is 0 Å². The Labute approximate surface area is 181 Å². The van der Waals surface area contributed by atoms with E-state index in [2.05, 4.69) is 50.3 Å². The number of hydrogen-bond donors (Lipinski definition) is 1. The lowest BCUT2D eigenvalue weighted by Gasteiger charge is -2.63. The van der Waals surface area contributed by atoms with E-state index in [1.165, 1.54) is 36.5 Å². The molecule has 1 N–H and O–H groups in total. The van der Waals surface area contributed by atoms with Crippen molar-refractivity contribution in [1.82, 2.24) is 0 Å². The Hall–Kier alpha value is 0.690. The first kappa shape index (κ1) is 19.6. The second-order valence-corrected chi connectivity index (χ2v) is 13.0. The number of fused-ring (bicyclic) bond motifs is 7. The fourth-order valence-corrected chi connectivity index (χ4v) is 10.4. The van der Waals surface area contributed by atoms with Crippen molar-refractivity contribution in [1.29, 1.82) is 0 Å². The molecule has 0 aromatic rings. The molecule has 0 amide bonds. The van der Waals surface area contributed by atoms with Gasteiger partial charge in [-0.3, -0.25) is 0 Å². The van der Waals surface area contributed by atoms with Crippen molar-refractivity contribution in [3.8, 4) is 0 Å². The van der Waals surface area contributed by atoms with Crippen LogP contribution in [0.4, 0.5) is 0 Å². The maximum Gasteiger partial charge on any atom is 0.0648 e. The van der Waals surface area contributed by atoms with Crippen LogP contribution in [0.5, 0.6) is 0 Å². The van der Waals surface area contributed by atoms with Crippen LogP contribution < -0.4 is 0 Å². The van der Waals surface area contributed by atoms with Gasteiger partial charge in [-0.2, -0.15) is 0 Å². The van der Waals surface area contributed by atoms with Crippen molar-refractivity contribution in [2.24, 2.45) is 58.2 Å². The van der Waals surface area contributed by atoms with Crippen LogP contribution >= 0.6 is 22.6 Å². The van der Waals surface area contributed by atoms with Crippen LogP contribution in [0.3, 0.4) is 0 Å². The number of halogens is 1. The van der Waals surface area contributed by atoms with Gasteiger partial charge in [-0.25, -0.2) is 0 Å². The summed E-state index contributed by atoms with van der Waals surface area (Å²) >= 11 is 2.65. The molecule has 0 unspecified atom stereocenters. The Balaban J connectivity index is 1.43. The highest BCUT2D eigenvalue weighted by atomic mass is 127. The molecule has 5 aliphatic rings. The normalized spacial score (nSPS) is 60.0. The molecule has 5 saturated carbocycles. The third-order valence-electron chi connectivity index (χ3n) is 11.2. The summed E-state index contributed by atoms with van der Waals surface area (Å²) in [6.45, 7) is 10.1. The van der Waals surface area contributed by atoms with Crippen molar-refractivity contribution in [2.75, 3.05) is 4.43 Å². The molecule has 0 radical (unpaired) electrons. The zero-order valence-electron chi connectivity index (χ0n) is 18.0. The summed E-state index contributed by atoms with van der Waals surface area (Å²) in [7, 11) is 0. The van der Waals surface area contributed by atoms with E-state index in [1.807, 2.05) is 0 Å². The average molecular weight is 485 g/mol. The highest BCUT2D eigenvalue weighted by molar-refractivity contribution is 14.1. The van der Waals surface area contributed by atoms with Crippen LogP contribution in [0.15, 0.2) is 0 Å². The van der Waals surface area contributed by atoms with E-state index in [0.717, 1.165) is 66.6 Å². The second kappa shape index (κ2) is 6.34. The highest BCUT2D eigenvalue weighted by Crippen LogP contribution is 2.77. The summed E-state index contributed by atoms with van der Waals surface area (Å²) in [6, 6.07) is 0. The lowest BCUT2D eigenvalue weighted by atomic mass is 9.43. The summed E-state index contributed by atoms with van der Waals surface area (Å²) in [5.74, 6) is 7.83. The molecule has 11 atom stereocenters. The Morgan fingerprint density at radius 1 is 1.00 bits per heavy atom. The van der Waals surface area contributed by atoms with Gasteiger partial charge in [-0.15, -0.1) is 0 Å². The number of aliphatic hydroxyl groups is 1. The smallest absolute Gasteiger partial charge is 0.0648 e. The lowest BCUT2D eigenvalue weighted by molar-refractivity contribution is -0.157. The summed E-state index contributed by atoms with van der Waals surface area (Å²) in [5, 5.41) is 11.0. The van der Waals surface area contributed by atoms with Crippen molar-refractivity contribution < 1.29 is 5.11 Å². The van der Waals surface area contributed by atoms with Crippen LogP contribution in [-0.4, -0.2) is 15.1 Å². The number of hydrogen-bond acceptors (Lipinski definition) is 1. The van der Waals surface area contributed by atoms with Gasteiger partial charge in [-0.05, 0) is 116 Å². The maximum absolute atomic E-state index is 11.0. The van der Waals surface area contributed by atoms with Gasteiger partial charge in [-0.1, -0.05) is 50.3 Å². The molecule has 0 aromatic carbocycles. The van der Waals surface area contributed by atoms with E-state index in [9.17, 15) is 5.11 Å². The van der Waals surface area contributed by atoms with Crippen LogP contribution in [0.2, 0.25) is 0 Å². The minimum absolute atomic E-state index is 0.351. The Bertz CT molecular complexity index is 605. The molecule has 2 heteroatoms. The molecule has 0 bridgehead atoms. The molecule has 5 aliphatic carbocycles. The Morgan fingerprint density at radius 2 is 1.78 bits per heavy atom. The largest absolute Gasteiger partial charge is 0.390 e. The molecule has 5 rings (SSSR count). The van der Waals surface area contributed by atoms with Crippen molar-refractivity contribution >= 4 is 22.6 Å². The summed E-state index contributed by atoms with van der Waals surface area (Å²) < 4.78 is 1.34. The predicted molar refractivity (Wildman–Crippen MR) is 121 cm³/mol. The molecule has 1 nitrogen and oxygen atoms in total. The van der Waals surface area contributed by atoms with Gasteiger partial charge < -0.3 is 5.11 Å². The summed E-state index contributed by atoms with van der Waals surface area (Å²) in [4.78, 5) is 0. The van der Waals surface area contributed by atoms with Gasteiger partial charge in [0, 0.05) is 4.43 Å². The van der Waals surface area contributed by atoms with Gasteiger partial charge in [0.05, 0.1) is 5.60 Å².